The highest BCUT2D eigenvalue weighted by Crippen LogP contribution is 2.25. The highest BCUT2D eigenvalue weighted by atomic mass is 32.2. The van der Waals surface area contributed by atoms with Crippen LogP contribution in [0.25, 0.3) is 0 Å². The van der Waals surface area contributed by atoms with Gasteiger partial charge < -0.3 is 5.32 Å². The van der Waals surface area contributed by atoms with Gasteiger partial charge in [-0.15, -0.1) is 0 Å². The Morgan fingerprint density at radius 1 is 1.21 bits per heavy atom. The van der Waals surface area contributed by atoms with Gasteiger partial charge in [-0.2, -0.15) is 0 Å². The SMILES string of the molecule is CCNC1CCC(CS(C)(=O)=O)CC1. The zero-order valence-corrected chi connectivity index (χ0v) is 9.94. The Bertz CT molecular complexity index is 253. The van der Waals surface area contributed by atoms with E-state index in [1.54, 1.807) is 0 Å². The Morgan fingerprint density at radius 3 is 2.21 bits per heavy atom. The molecule has 1 fully saturated rings. The van der Waals surface area contributed by atoms with Crippen molar-refractivity contribution >= 4 is 9.84 Å². The van der Waals surface area contributed by atoms with Gasteiger partial charge in [-0.05, 0) is 38.1 Å². The van der Waals surface area contributed by atoms with E-state index in [9.17, 15) is 8.42 Å². The molecule has 1 N–H and O–H groups in total. The lowest BCUT2D eigenvalue weighted by Gasteiger charge is -2.28. The third-order valence-corrected chi connectivity index (χ3v) is 3.95. The molecule has 0 amide bonds. The molecule has 0 radical (unpaired) electrons. The molecule has 0 atom stereocenters. The van der Waals surface area contributed by atoms with Gasteiger partial charge in [-0.25, -0.2) is 8.42 Å². The van der Waals surface area contributed by atoms with Gasteiger partial charge in [0.2, 0.25) is 0 Å². The molecule has 0 aliphatic heterocycles. The predicted molar refractivity (Wildman–Crippen MR) is 59.1 cm³/mol. The summed E-state index contributed by atoms with van der Waals surface area (Å²) in [6.07, 6.45) is 5.72. The molecule has 0 bridgehead atoms. The summed E-state index contributed by atoms with van der Waals surface area (Å²) in [6, 6.07) is 0.621. The first-order chi connectivity index (χ1) is 6.51. The lowest BCUT2D eigenvalue weighted by atomic mass is 9.87. The molecular formula is C10H21NO2S. The average Bonchev–Trinajstić information content (AvgIpc) is 2.06. The molecule has 0 unspecified atom stereocenters. The van der Waals surface area contributed by atoms with E-state index in [0.717, 1.165) is 32.2 Å². The van der Waals surface area contributed by atoms with Crippen LogP contribution in [0, 0.1) is 5.92 Å². The summed E-state index contributed by atoms with van der Waals surface area (Å²) >= 11 is 0. The zero-order valence-electron chi connectivity index (χ0n) is 9.12. The van der Waals surface area contributed by atoms with E-state index in [2.05, 4.69) is 12.2 Å². The summed E-state index contributed by atoms with van der Waals surface area (Å²) in [5.74, 6) is 0.783. The Balaban J connectivity index is 2.29. The van der Waals surface area contributed by atoms with Gasteiger partial charge in [0.25, 0.3) is 0 Å². The van der Waals surface area contributed by atoms with Crippen LogP contribution in [-0.4, -0.2) is 33.0 Å². The minimum atomic E-state index is -2.77. The van der Waals surface area contributed by atoms with Crippen LogP contribution in [0.2, 0.25) is 0 Å². The summed E-state index contributed by atoms with van der Waals surface area (Å²) in [5, 5.41) is 3.42. The first kappa shape index (κ1) is 12.0. The normalized spacial score (nSPS) is 29.0. The second-order valence-electron chi connectivity index (χ2n) is 4.37. The minimum Gasteiger partial charge on any atom is -0.314 e. The largest absolute Gasteiger partial charge is 0.314 e. The smallest absolute Gasteiger partial charge is 0.147 e. The van der Waals surface area contributed by atoms with Crippen molar-refractivity contribution in [2.24, 2.45) is 5.92 Å². The van der Waals surface area contributed by atoms with Crippen molar-refractivity contribution < 1.29 is 8.42 Å². The van der Waals surface area contributed by atoms with Gasteiger partial charge in [0.1, 0.15) is 9.84 Å². The maximum absolute atomic E-state index is 11.1. The molecule has 0 saturated heterocycles. The van der Waals surface area contributed by atoms with Crippen molar-refractivity contribution in [3.63, 3.8) is 0 Å². The van der Waals surface area contributed by atoms with E-state index in [-0.39, 0.29) is 0 Å². The highest BCUT2D eigenvalue weighted by molar-refractivity contribution is 7.90. The van der Waals surface area contributed by atoms with Crippen LogP contribution in [0.1, 0.15) is 32.6 Å². The quantitative estimate of drug-likeness (QED) is 0.773. The van der Waals surface area contributed by atoms with E-state index in [1.807, 2.05) is 0 Å². The topological polar surface area (TPSA) is 46.2 Å². The molecule has 0 heterocycles. The van der Waals surface area contributed by atoms with Gasteiger partial charge in [-0.1, -0.05) is 6.92 Å². The summed E-state index contributed by atoms with van der Waals surface area (Å²) in [6.45, 7) is 3.13. The Morgan fingerprint density at radius 2 is 1.79 bits per heavy atom. The van der Waals surface area contributed by atoms with Gasteiger partial charge in [-0.3, -0.25) is 0 Å². The van der Waals surface area contributed by atoms with Crippen LogP contribution in [0.4, 0.5) is 0 Å². The van der Waals surface area contributed by atoms with Crippen molar-refractivity contribution in [1.82, 2.24) is 5.32 Å². The second kappa shape index (κ2) is 5.12. The molecule has 1 aliphatic rings. The van der Waals surface area contributed by atoms with Gasteiger partial charge in [0.05, 0.1) is 5.75 Å². The molecule has 1 saturated carbocycles. The number of sulfone groups is 1. The maximum Gasteiger partial charge on any atom is 0.147 e. The van der Waals surface area contributed by atoms with E-state index in [4.69, 9.17) is 0 Å². The van der Waals surface area contributed by atoms with Crippen molar-refractivity contribution in [1.29, 1.82) is 0 Å². The molecule has 3 nitrogen and oxygen atoms in total. The Labute approximate surface area is 87.2 Å². The van der Waals surface area contributed by atoms with Gasteiger partial charge >= 0.3 is 0 Å². The Hall–Kier alpha value is -0.0900. The summed E-state index contributed by atoms with van der Waals surface area (Å²) in [7, 11) is -2.77. The van der Waals surface area contributed by atoms with Gasteiger partial charge in [0, 0.05) is 12.3 Å². The maximum atomic E-state index is 11.1. The molecule has 1 rings (SSSR count). The molecule has 14 heavy (non-hydrogen) atoms. The van der Waals surface area contributed by atoms with Crippen LogP contribution in [0.15, 0.2) is 0 Å². The predicted octanol–water partition coefficient (Wildman–Crippen LogP) is 1.20. The second-order valence-corrected chi connectivity index (χ2v) is 6.55. The van der Waals surface area contributed by atoms with Crippen LogP contribution < -0.4 is 5.32 Å². The molecular weight excluding hydrogens is 198 g/mol. The van der Waals surface area contributed by atoms with Crippen LogP contribution in [0.3, 0.4) is 0 Å². The average molecular weight is 219 g/mol. The van der Waals surface area contributed by atoms with E-state index >= 15 is 0 Å². The molecule has 0 aromatic rings. The monoisotopic (exact) mass is 219 g/mol. The lowest BCUT2D eigenvalue weighted by molar-refractivity contribution is 0.312. The molecule has 1 aliphatic carbocycles. The third-order valence-electron chi connectivity index (χ3n) is 2.88. The number of hydrogen-bond donors (Lipinski definition) is 1. The minimum absolute atomic E-state index is 0.381. The first-order valence-corrected chi connectivity index (χ1v) is 7.48. The van der Waals surface area contributed by atoms with Crippen molar-refractivity contribution in [2.75, 3.05) is 18.6 Å². The van der Waals surface area contributed by atoms with E-state index in [0.29, 0.717) is 17.7 Å². The third kappa shape index (κ3) is 4.42. The Kier molecular flexibility index (Phi) is 4.38. The van der Waals surface area contributed by atoms with E-state index < -0.39 is 9.84 Å². The number of hydrogen-bond acceptors (Lipinski definition) is 3. The molecule has 0 aromatic heterocycles. The van der Waals surface area contributed by atoms with Crippen molar-refractivity contribution in [3.8, 4) is 0 Å². The van der Waals surface area contributed by atoms with Crippen LogP contribution >= 0.6 is 0 Å². The summed E-state index contributed by atoms with van der Waals surface area (Å²) < 4.78 is 22.2. The fourth-order valence-corrected chi connectivity index (χ4v) is 3.44. The van der Waals surface area contributed by atoms with Crippen LogP contribution in [-0.2, 0) is 9.84 Å². The number of rotatable bonds is 4. The molecule has 4 heteroatoms. The van der Waals surface area contributed by atoms with E-state index in [1.165, 1.54) is 6.26 Å². The standard InChI is InChI=1S/C10H21NO2S/c1-3-11-10-6-4-9(5-7-10)8-14(2,12)13/h9-11H,3-8H2,1-2H3. The van der Waals surface area contributed by atoms with Gasteiger partial charge in [0.15, 0.2) is 0 Å². The lowest BCUT2D eigenvalue weighted by Crippen LogP contribution is -2.34. The fraction of sp³-hybridized carbons (Fsp3) is 1.00. The van der Waals surface area contributed by atoms with Crippen LogP contribution in [0.5, 0.6) is 0 Å². The highest BCUT2D eigenvalue weighted by Gasteiger charge is 2.22. The summed E-state index contributed by atoms with van der Waals surface area (Å²) in [5.41, 5.74) is 0. The molecule has 0 spiro atoms. The van der Waals surface area contributed by atoms with Crippen molar-refractivity contribution in [3.05, 3.63) is 0 Å². The number of nitrogens with one attached hydrogen (secondary N) is 1. The molecule has 84 valence electrons. The van der Waals surface area contributed by atoms with Crippen molar-refractivity contribution in [2.45, 2.75) is 38.6 Å². The summed E-state index contributed by atoms with van der Waals surface area (Å²) in [4.78, 5) is 0. The first-order valence-electron chi connectivity index (χ1n) is 5.42. The zero-order chi connectivity index (χ0) is 10.6. The molecule has 0 aromatic carbocycles. The fourth-order valence-electron chi connectivity index (χ4n) is 2.25.